The Kier molecular flexibility index (Phi) is 10.4. The van der Waals surface area contributed by atoms with E-state index in [0.29, 0.717) is 21.5 Å². The number of phosphoric acid groups is 1. The first kappa shape index (κ1) is 37.4. The van der Waals surface area contributed by atoms with E-state index in [9.17, 15) is 28.4 Å². The largest absolute Gasteiger partial charge is 0.472 e. The lowest BCUT2D eigenvalue weighted by atomic mass is 10.1. The zero-order valence-corrected chi connectivity index (χ0v) is 29.7. The number of nitrogen functional groups attached to an aromatic ring is 1. The number of carbonyl (C=O) groups excluding carboxylic acids is 1. The number of aromatic nitrogens is 6. The average molecular weight is 805 g/mol. The Morgan fingerprint density at radius 1 is 1.08 bits per heavy atom. The van der Waals surface area contributed by atoms with E-state index >= 15 is 8.78 Å². The molecule has 10 unspecified atom stereocenters. The molecular formula is C28H30F2N7O13P2S+. The molecule has 3 aliphatic rings. The minimum atomic E-state index is -5.20. The molecule has 5 N–H and O–H groups in total. The monoisotopic (exact) mass is 804 g/mol. The van der Waals surface area contributed by atoms with Gasteiger partial charge >= 0.3 is 31.9 Å². The fourth-order valence-electron chi connectivity index (χ4n) is 5.83. The third-order valence-electron chi connectivity index (χ3n) is 8.26. The van der Waals surface area contributed by atoms with Crippen molar-refractivity contribution >= 4 is 49.0 Å². The fraction of sp³-hybridized carbons (Fsp3) is 0.429. The third-order valence-corrected chi connectivity index (χ3v) is 12.9. The highest BCUT2D eigenvalue weighted by molar-refractivity contribution is 8.54. The number of H-pyrrole nitrogens is 2. The minimum Gasteiger partial charge on any atom is -0.427 e. The number of ether oxygens (including phenoxy) is 3. The second-order valence-corrected chi connectivity index (χ2v) is 17.3. The number of hydrogen-bond donors (Lipinski definition) is 4. The molecule has 3 aromatic heterocycles. The summed E-state index contributed by atoms with van der Waals surface area (Å²) in [5.74, 6) is -0.331. The summed E-state index contributed by atoms with van der Waals surface area (Å²) in [7, 11) is -5.20. The van der Waals surface area contributed by atoms with Crippen LogP contribution < -0.4 is 26.3 Å². The molecule has 3 saturated heterocycles. The van der Waals surface area contributed by atoms with Crippen molar-refractivity contribution in [2.45, 2.75) is 61.9 Å². The van der Waals surface area contributed by atoms with Gasteiger partial charge in [-0.1, -0.05) is 17.1 Å². The van der Waals surface area contributed by atoms with Crippen LogP contribution in [0.15, 0.2) is 58.8 Å². The van der Waals surface area contributed by atoms with Crippen molar-refractivity contribution in [3.63, 3.8) is 0 Å². The number of nitrogens with two attached hydrogens (primary N) is 1. The normalized spacial score (nSPS) is 33.4. The standard InChI is InChI=1S/C28H29F2N7O13P2S/c1-13(38)46-15-4-2-14(3-5-15)10-53-52(43)45-9-17-22(19(29)27(48-17)37-12-34-21-24(31)32-11-33-25(21)37)49-51(41,42)44-8-16-23(50-52)20(30)26(47-16)36-7-6-18(39)35-28(36)40/h2-7,11-12,16-17,19-20,22-23,26-27H,8-10H2,1H3,(H4,31,32,33,35,39,40,41,42)/p+1. The number of imidazole rings is 1. The summed E-state index contributed by atoms with van der Waals surface area (Å²) >= 11 is 0.602. The molecule has 4 aromatic rings. The molecule has 25 heteroatoms. The number of fused-ring (bicyclic) bond motifs is 3. The van der Waals surface area contributed by atoms with E-state index in [2.05, 4.69) is 15.0 Å². The van der Waals surface area contributed by atoms with Crippen LogP contribution in [0.3, 0.4) is 0 Å². The summed E-state index contributed by atoms with van der Waals surface area (Å²) in [5.41, 5.74) is 4.96. The predicted octanol–water partition coefficient (Wildman–Crippen LogP) is 1.73. The number of anilines is 1. The second-order valence-electron chi connectivity index (χ2n) is 11.8. The van der Waals surface area contributed by atoms with Gasteiger partial charge in [-0.3, -0.25) is 42.2 Å². The van der Waals surface area contributed by atoms with Crippen LogP contribution >= 0.6 is 26.0 Å². The Morgan fingerprint density at radius 2 is 1.79 bits per heavy atom. The number of benzene rings is 1. The van der Waals surface area contributed by atoms with Gasteiger partial charge in [0.15, 0.2) is 37.0 Å². The maximum atomic E-state index is 16.3. The van der Waals surface area contributed by atoms with E-state index in [-0.39, 0.29) is 28.5 Å². The molecule has 3 aliphatic heterocycles. The van der Waals surface area contributed by atoms with Gasteiger partial charge in [0.25, 0.3) is 5.56 Å². The highest BCUT2D eigenvalue weighted by atomic mass is 32.7. The van der Waals surface area contributed by atoms with Gasteiger partial charge in [-0.2, -0.15) is 4.98 Å². The van der Waals surface area contributed by atoms with Crippen molar-refractivity contribution in [1.29, 1.82) is 0 Å². The summed E-state index contributed by atoms with van der Waals surface area (Å²) < 4.78 is 101. The van der Waals surface area contributed by atoms with Crippen molar-refractivity contribution in [2.75, 3.05) is 18.9 Å². The Morgan fingerprint density at radius 3 is 2.53 bits per heavy atom. The van der Waals surface area contributed by atoms with Crippen molar-refractivity contribution in [1.82, 2.24) is 24.5 Å². The summed E-state index contributed by atoms with van der Waals surface area (Å²) in [6.45, 7) is -5.06. The van der Waals surface area contributed by atoms with E-state index in [1.54, 1.807) is 12.1 Å². The van der Waals surface area contributed by atoms with Crippen molar-refractivity contribution in [3.8, 4) is 5.75 Å². The van der Waals surface area contributed by atoms with Crippen LogP contribution in [0.5, 0.6) is 5.75 Å². The number of aromatic amines is 2. The van der Waals surface area contributed by atoms with Gasteiger partial charge in [0.2, 0.25) is 11.7 Å². The number of hydrogen-bond acceptors (Lipinski definition) is 16. The van der Waals surface area contributed by atoms with E-state index in [1.807, 2.05) is 4.98 Å². The zero-order valence-electron chi connectivity index (χ0n) is 27.1. The quantitative estimate of drug-likeness (QED) is 0.0936. The van der Waals surface area contributed by atoms with Crippen LogP contribution in [0.4, 0.5) is 14.6 Å². The molecule has 7 rings (SSSR count). The topological polar surface area (TPSA) is 262 Å². The van der Waals surface area contributed by atoms with Crippen LogP contribution in [0.2, 0.25) is 0 Å². The van der Waals surface area contributed by atoms with Gasteiger partial charge in [-0.15, -0.1) is 0 Å². The number of esters is 1. The van der Waals surface area contributed by atoms with Crippen LogP contribution in [0.1, 0.15) is 24.9 Å². The van der Waals surface area contributed by atoms with E-state index in [0.717, 1.165) is 18.6 Å². The van der Waals surface area contributed by atoms with Gasteiger partial charge in [0.05, 0.1) is 13.2 Å². The lowest BCUT2D eigenvalue weighted by Crippen LogP contribution is -2.44. The zero-order chi connectivity index (χ0) is 37.7. The Balaban J connectivity index is 1.20. The molecule has 53 heavy (non-hydrogen) atoms. The smallest absolute Gasteiger partial charge is 0.427 e. The number of nitrogens with zero attached hydrogens (tertiary/aromatic N) is 4. The van der Waals surface area contributed by atoms with Gasteiger partial charge in [-0.05, 0) is 29.1 Å². The van der Waals surface area contributed by atoms with E-state index < -0.39 is 94.3 Å². The number of carbonyl (C=O) groups is 1. The summed E-state index contributed by atoms with van der Waals surface area (Å²) in [6, 6.07) is 7.04. The highest BCUT2D eigenvalue weighted by Crippen LogP contribution is 2.64. The van der Waals surface area contributed by atoms with Crippen LogP contribution in [-0.2, 0) is 47.2 Å². The fourth-order valence-corrected chi connectivity index (χ4v) is 10.2. The maximum absolute atomic E-state index is 16.3. The lowest BCUT2D eigenvalue weighted by molar-refractivity contribution is -0.743. The number of phosphoric ester groups is 1. The molecule has 10 atom stereocenters. The molecule has 6 heterocycles. The molecule has 0 amide bonds. The van der Waals surface area contributed by atoms with Crippen molar-refractivity contribution in [3.05, 3.63) is 75.6 Å². The summed E-state index contributed by atoms with van der Waals surface area (Å²) in [6.07, 6.45) is -11.4. The third kappa shape index (κ3) is 7.86. The van der Waals surface area contributed by atoms with Crippen LogP contribution in [-0.4, -0.2) is 85.3 Å². The van der Waals surface area contributed by atoms with Gasteiger partial charge in [0, 0.05) is 24.9 Å². The van der Waals surface area contributed by atoms with Gasteiger partial charge in [-0.25, -0.2) is 27.3 Å². The summed E-state index contributed by atoms with van der Waals surface area (Å²) in [5, 5.41) is 0. The molecule has 0 bridgehead atoms. The molecule has 0 radical (unpaired) electrons. The molecule has 0 saturated carbocycles. The second kappa shape index (κ2) is 14.7. The number of nitrogens with one attached hydrogen (secondary N) is 2. The lowest BCUT2D eigenvalue weighted by Gasteiger charge is -2.29. The molecule has 0 aliphatic carbocycles. The van der Waals surface area contributed by atoms with Gasteiger partial charge < -0.3 is 24.8 Å². The Hall–Kier alpha value is -3.89. The summed E-state index contributed by atoms with van der Waals surface area (Å²) in [4.78, 5) is 59.0. The Bertz CT molecular complexity index is 2230. The number of rotatable bonds is 6. The number of halogens is 2. The Labute approximate surface area is 299 Å². The predicted molar refractivity (Wildman–Crippen MR) is 176 cm³/mol. The van der Waals surface area contributed by atoms with Crippen molar-refractivity contribution < 1.29 is 64.5 Å². The molecule has 1 aromatic carbocycles. The highest BCUT2D eigenvalue weighted by Gasteiger charge is 2.56. The molecule has 3 fully saturated rings. The molecule has 20 nitrogen and oxygen atoms in total. The van der Waals surface area contributed by atoms with Gasteiger partial charge in [0.1, 0.15) is 30.2 Å². The SMILES string of the molecule is CC(=O)Oc1ccc(CSP2(=O)OCC3OC([n+]4c[nH]c5c(N)ncnc54)C(F)C3OP(=O)(O)OCC3OC(n4ccc(=O)[nH]c4=O)C(F)C3O2)cc1. The first-order valence-corrected chi connectivity index (χ1v) is 20.2. The van der Waals surface area contributed by atoms with Crippen LogP contribution in [0, 0.1) is 0 Å². The average Bonchev–Trinajstić information content (AvgIpc) is 3.76. The number of alkyl halides is 2. The first-order valence-electron chi connectivity index (χ1n) is 15.6. The molecular weight excluding hydrogens is 774 g/mol. The molecule has 284 valence electrons. The minimum absolute atomic E-state index is 0.0456. The van der Waals surface area contributed by atoms with Crippen LogP contribution in [0.25, 0.3) is 11.2 Å². The van der Waals surface area contributed by atoms with Crippen molar-refractivity contribution in [2.24, 2.45) is 0 Å². The molecule has 0 spiro atoms. The first-order chi connectivity index (χ1) is 25.2. The maximum Gasteiger partial charge on any atom is 0.472 e. The van der Waals surface area contributed by atoms with E-state index in [4.69, 9.17) is 38.0 Å². The van der Waals surface area contributed by atoms with E-state index in [1.165, 1.54) is 30.0 Å².